The summed E-state index contributed by atoms with van der Waals surface area (Å²) in [4.78, 5) is 31.4. The molecule has 1 unspecified atom stereocenters. The number of amides is 1. The first-order valence-electron chi connectivity index (χ1n) is 9.66. The summed E-state index contributed by atoms with van der Waals surface area (Å²) in [5, 5.41) is 0. The number of esters is 1. The highest BCUT2D eigenvalue weighted by Gasteiger charge is 2.37. The lowest BCUT2D eigenvalue weighted by atomic mass is 9.87. The number of hydrogen-bond acceptors (Lipinski definition) is 5. The summed E-state index contributed by atoms with van der Waals surface area (Å²) >= 11 is 0. The fraction of sp³-hybridized carbons (Fsp3) is 0.591. The van der Waals surface area contributed by atoms with E-state index in [9.17, 15) is 9.59 Å². The Morgan fingerprint density at radius 3 is 2.14 bits per heavy atom. The van der Waals surface area contributed by atoms with Gasteiger partial charge in [0, 0.05) is 6.54 Å². The topological polar surface area (TPSA) is 68.2 Å². The normalized spacial score (nSPS) is 20.4. The Morgan fingerprint density at radius 2 is 1.61 bits per heavy atom. The average molecular weight is 389 g/mol. The molecule has 1 aromatic carbocycles. The molecular formula is C22H32N2O4. The summed E-state index contributed by atoms with van der Waals surface area (Å²) in [5.74, 6) is -0.0433. The first kappa shape index (κ1) is 21.9. The molecular weight excluding hydrogens is 356 g/mol. The van der Waals surface area contributed by atoms with Crippen molar-refractivity contribution in [3.05, 3.63) is 35.9 Å². The third-order valence-corrected chi connectivity index (χ3v) is 4.24. The number of amidine groups is 1. The second-order valence-electron chi connectivity index (χ2n) is 9.31. The van der Waals surface area contributed by atoms with Crippen molar-refractivity contribution < 1.29 is 19.1 Å². The van der Waals surface area contributed by atoms with Crippen molar-refractivity contribution in [1.29, 1.82) is 0 Å². The fourth-order valence-corrected chi connectivity index (χ4v) is 3.02. The molecule has 28 heavy (non-hydrogen) atoms. The first-order valence-corrected chi connectivity index (χ1v) is 9.66. The van der Waals surface area contributed by atoms with Gasteiger partial charge in [-0.3, -0.25) is 14.7 Å². The summed E-state index contributed by atoms with van der Waals surface area (Å²) in [6.45, 7) is 13.3. The number of hydrogen-bond donors (Lipinski definition) is 0. The number of carbonyl (C=O) groups excluding carboxylic acids is 2. The van der Waals surface area contributed by atoms with Crippen LogP contribution in [0.15, 0.2) is 35.3 Å². The van der Waals surface area contributed by atoms with Crippen LogP contribution >= 0.6 is 0 Å². The van der Waals surface area contributed by atoms with Crippen LogP contribution < -0.4 is 0 Å². The number of aliphatic imine (C=N–C) groups is 1. The average Bonchev–Trinajstić information content (AvgIpc) is 2.52. The van der Waals surface area contributed by atoms with Crippen molar-refractivity contribution in [1.82, 2.24) is 4.90 Å². The standard InChI is InChI=1S/C22H32N2O4/c1-20(2,3)27-18(25)15-17-23-22(7,16-11-9-8-10-12-16)13-14-24(17)19(26)28-21(4,5)6/h8-12H,13-15H2,1-7H3. The molecule has 1 atom stereocenters. The van der Waals surface area contributed by atoms with Crippen LogP contribution in [-0.2, 0) is 19.8 Å². The fourth-order valence-electron chi connectivity index (χ4n) is 3.02. The second kappa shape index (κ2) is 7.94. The molecule has 6 nitrogen and oxygen atoms in total. The molecule has 2 rings (SSSR count). The Balaban J connectivity index is 2.35. The van der Waals surface area contributed by atoms with Crippen LogP contribution in [0, 0.1) is 0 Å². The van der Waals surface area contributed by atoms with E-state index in [1.54, 1.807) is 0 Å². The van der Waals surface area contributed by atoms with Crippen molar-refractivity contribution >= 4 is 17.9 Å². The van der Waals surface area contributed by atoms with Crippen LogP contribution in [0.25, 0.3) is 0 Å². The van der Waals surface area contributed by atoms with E-state index in [1.807, 2.05) is 78.8 Å². The number of rotatable bonds is 3. The third-order valence-electron chi connectivity index (χ3n) is 4.24. The molecule has 0 aromatic heterocycles. The lowest BCUT2D eigenvalue weighted by Gasteiger charge is -2.38. The first-order chi connectivity index (χ1) is 12.8. The van der Waals surface area contributed by atoms with Crippen LogP contribution in [0.3, 0.4) is 0 Å². The van der Waals surface area contributed by atoms with Gasteiger partial charge in [0.05, 0.1) is 5.54 Å². The molecule has 154 valence electrons. The van der Waals surface area contributed by atoms with Gasteiger partial charge in [-0.05, 0) is 60.5 Å². The molecule has 0 radical (unpaired) electrons. The Bertz CT molecular complexity index is 744. The van der Waals surface area contributed by atoms with Crippen LogP contribution in [0.2, 0.25) is 0 Å². The van der Waals surface area contributed by atoms with Crippen molar-refractivity contribution in [2.24, 2.45) is 4.99 Å². The molecule has 0 spiro atoms. The van der Waals surface area contributed by atoms with Gasteiger partial charge in [-0.2, -0.15) is 0 Å². The van der Waals surface area contributed by atoms with E-state index in [4.69, 9.17) is 14.5 Å². The maximum atomic E-state index is 12.7. The maximum Gasteiger partial charge on any atom is 0.415 e. The minimum Gasteiger partial charge on any atom is -0.460 e. The van der Waals surface area contributed by atoms with Crippen LogP contribution in [0.1, 0.15) is 66.9 Å². The molecule has 1 amide bonds. The van der Waals surface area contributed by atoms with Crippen LogP contribution in [-0.4, -0.2) is 40.5 Å². The van der Waals surface area contributed by atoms with Gasteiger partial charge in [0.2, 0.25) is 0 Å². The summed E-state index contributed by atoms with van der Waals surface area (Å²) in [6, 6.07) is 9.90. The number of carbonyl (C=O) groups is 2. The Labute approximate surface area is 167 Å². The van der Waals surface area contributed by atoms with Gasteiger partial charge in [0.1, 0.15) is 23.5 Å². The molecule has 0 saturated heterocycles. The van der Waals surface area contributed by atoms with Gasteiger partial charge in [-0.25, -0.2) is 4.79 Å². The highest BCUT2D eigenvalue weighted by atomic mass is 16.6. The van der Waals surface area contributed by atoms with E-state index >= 15 is 0 Å². The molecule has 0 saturated carbocycles. The highest BCUT2D eigenvalue weighted by Crippen LogP contribution is 2.34. The van der Waals surface area contributed by atoms with Crippen molar-refractivity contribution in [2.75, 3.05) is 6.54 Å². The lowest BCUT2D eigenvalue weighted by Crippen LogP contribution is -2.48. The molecule has 0 bridgehead atoms. The minimum atomic E-state index is -0.631. The van der Waals surface area contributed by atoms with E-state index in [-0.39, 0.29) is 6.42 Å². The summed E-state index contributed by atoms with van der Waals surface area (Å²) in [5.41, 5.74) is -0.711. The minimum absolute atomic E-state index is 0.0844. The highest BCUT2D eigenvalue weighted by molar-refractivity contribution is 6.04. The molecule has 6 heteroatoms. The van der Waals surface area contributed by atoms with Crippen LogP contribution in [0.5, 0.6) is 0 Å². The molecule has 0 N–H and O–H groups in total. The zero-order valence-corrected chi connectivity index (χ0v) is 18.0. The molecule has 1 aliphatic rings. The summed E-state index contributed by atoms with van der Waals surface area (Å²) < 4.78 is 11.0. The van der Waals surface area contributed by atoms with Crippen molar-refractivity contribution in [3.8, 4) is 0 Å². The van der Waals surface area contributed by atoms with Gasteiger partial charge in [0.15, 0.2) is 0 Å². The number of ether oxygens (including phenoxy) is 2. The molecule has 1 heterocycles. The molecule has 0 aliphatic carbocycles. The van der Waals surface area contributed by atoms with Gasteiger partial charge in [-0.15, -0.1) is 0 Å². The molecule has 0 fully saturated rings. The van der Waals surface area contributed by atoms with E-state index in [0.717, 1.165) is 5.56 Å². The second-order valence-corrected chi connectivity index (χ2v) is 9.31. The van der Waals surface area contributed by atoms with Gasteiger partial charge < -0.3 is 9.47 Å². The zero-order valence-electron chi connectivity index (χ0n) is 18.0. The van der Waals surface area contributed by atoms with Gasteiger partial charge in [0.25, 0.3) is 0 Å². The van der Waals surface area contributed by atoms with Crippen molar-refractivity contribution in [2.45, 2.75) is 78.0 Å². The quantitative estimate of drug-likeness (QED) is 0.706. The van der Waals surface area contributed by atoms with E-state index in [0.29, 0.717) is 18.8 Å². The van der Waals surface area contributed by atoms with Gasteiger partial charge >= 0.3 is 12.1 Å². The SMILES string of the molecule is CC(C)(C)OC(=O)CC1=NC(C)(c2ccccc2)CCN1C(=O)OC(C)(C)C. The lowest BCUT2D eigenvalue weighted by molar-refractivity contribution is -0.153. The maximum absolute atomic E-state index is 12.7. The van der Waals surface area contributed by atoms with E-state index < -0.39 is 28.8 Å². The monoisotopic (exact) mass is 388 g/mol. The number of benzene rings is 1. The largest absolute Gasteiger partial charge is 0.460 e. The molecule has 1 aliphatic heterocycles. The predicted octanol–water partition coefficient (Wildman–Crippen LogP) is 4.67. The number of nitrogens with zero attached hydrogens (tertiary/aromatic N) is 2. The molecule has 1 aromatic rings. The Kier molecular flexibility index (Phi) is 6.21. The Morgan fingerprint density at radius 1 is 1.04 bits per heavy atom. The Hall–Kier alpha value is -2.37. The van der Waals surface area contributed by atoms with Gasteiger partial charge in [-0.1, -0.05) is 30.3 Å². The van der Waals surface area contributed by atoms with E-state index in [1.165, 1.54) is 4.90 Å². The smallest absolute Gasteiger partial charge is 0.415 e. The zero-order chi connectivity index (χ0) is 21.2. The summed E-state index contributed by atoms with van der Waals surface area (Å²) in [7, 11) is 0. The van der Waals surface area contributed by atoms with Crippen molar-refractivity contribution in [3.63, 3.8) is 0 Å². The predicted molar refractivity (Wildman–Crippen MR) is 109 cm³/mol. The third kappa shape index (κ3) is 6.08. The summed E-state index contributed by atoms with van der Waals surface area (Å²) in [6.07, 6.45) is 0.0532. The van der Waals surface area contributed by atoms with Crippen LogP contribution in [0.4, 0.5) is 4.79 Å². The van der Waals surface area contributed by atoms with E-state index in [2.05, 4.69) is 0 Å².